The molecule has 0 heterocycles. The molecular formula is C11H18N2O2. The summed E-state index contributed by atoms with van der Waals surface area (Å²) in [6.07, 6.45) is 0.973. The van der Waals surface area contributed by atoms with Crippen molar-refractivity contribution in [3.63, 3.8) is 0 Å². The molecule has 0 saturated carbocycles. The van der Waals surface area contributed by atoms with Crippen molar-refractivity contribution in [2.24, 2.45) is 11.5 Å². The number of rotatable bonds is 3. The highest BCUT2D eigenvalue weighted by Crippen LogP contribution is 2.00. The van der Waals surface area contributed by atoms with Gasteiger partial charge < -0.3 is 16.6 Å². The molecule has 4 nitrogen and oxygen atoms in total. The number of carbonyl (C=O) groups is 1. The highest BCUT2D eigenvalue weighted by Gasteiger charge is 1.94. The monoisotopic (exact) mass is 210 g/mol. The van der Waals surface area contributed by atoms with E-state index in [9.17, 15) is 4.79 Å². The largest absolute Gasteiger partial charge is 0.480 e. The number of hydrogen-bond donors (Lipinski definition) is 3. The first kappa shape index (κ1) is 13.6. The fourth-order valence-corrected chi connectivity index (χ4v) is 0.986. The van der Waals surface area contributed by atoms with Gasteiger partial charge in [-0.25, -0.2) is 0 Å². The third kappa shape index (κ3) is 8.93. The van der Waals surface area contributed by atoms with Crippen LogP contribution in [0.1, 0.15) is 12.5 Å². The Hall–Kier alpha value is -1.39. The summed E-state index contributed by atoms with van der Waals surface area (Å²) in [5.41, 5.74) is 11.5. The van der Waals surface area contributed by atoms with Crippen LogP contribution in [-0.4, -0.2) is 23.7 Å². The Morgan fingerprint density at radius 3 is 2.20 bits per heavy atom. The van der Waals surface area contributed by atoms with E-state index in [1.807, 2.05) is 25.1 Å². The molecule has 1 aromatic rings. The number of carboxylic acid groups (broad SMARTS) is 1. The van der Waals surface area contributed by atoms with Gasteiger partial charge in [0.15, 0.2) is 0 Å². The average Bonchev–Trinajstić information content (AvgIpc) is 2.19. The summed E-state index contributed by atoms with van der Waals surface area (Å²) >= 11 is 0. The molecule has 1 rings (SSSR count). The molecule has 0 aliphatic carbocycles. The van der Waals surface area contributed by atoms with Crippen LogP contribution in [0.15, 0.2) is 30.3 Å². The summed E-state index contributed by atoms with van der Waals surface area (Å²) in [5.74, 6) is -0.968. The zero-order valence-corrected chi connectivity index (χ0v) is 8.89. The van der Waals surface area contributed by atoms with Gasteiger partial charge in [0.05, 0.1) is 6.54 Å². The summed E-state index contributed by atoms with van der Waals surface area (Å²) in [4.78, 5) is 9.24. The summed E-state index contributed by atoms with van der Waals surface area (Å²) in [5, 5.41) is 7.60. The molecular weight excluding hydrogens is 192 g/mol. The maximum absolute atomic E-state index is 9.24. The molecule has 0 spiro atoms. The van der Waals surface area contributed by atoms with Crippen LogP contribution in [0, 0.1) is 0 Å². The van der Waals surface area contributed by atoms with E-state index in [2.05, 4.69) is 17.9 Å². The maximum atomic E-state index is 9.24. The molecule has 0 aliphatic heterocycles. The fourth-order valence-electron chi connectivity index (χ4n) is 0.986. The third-order valence-electron chi connectivity index (χ3n) is 1.58. The Morgan fingerprint density at radius 2 is 1.87 bits per heavy atom. The summed E-state index contributed by atoms with van der Waals surface area (Å²) in [6.45, 7) is 1.74. The second kappa shape index (κ2) is 7.96. The molecule has 1 atom stereocenters. The molecule has 0 saturated heterocycles. The predicted molar refractivity (Wildman–Crippen MR) is 60.5 cm³/mol. The minimum Gasteiger partial charge on any atom is -0.480 e. The van der Waals surface area contributed by atoms with Gasteiger partial charge in [0, 0.05) is 6.04 Å². The summed E-state index contributed by atoms with van der Waals surface area (Å²) < 4.78 is 0. The van der Waals surface area contributed by atoms with Crippen molar-refractivity contribution in [1.29, 1.82) is 0 Å². The van der Waals surface area contributed by atoms with E-state index in [1.165, 1.54) is 5.56 Å². The van der Waals surface area contributed by atoms with Gasteiger partial charge in [-0.15, -0.1) is 0 Å². The van der Waals surface area contributed by atoms with E-state index in [1.54, 1.807) is 0 Å². The third-order valence-corrected chi connectivity index (χ3v) is 1.58. The zero-order valence-electron chi connectivity index (χ0n) is 8.89. The standard InChI is InChI=1S/C9H13N.C2H5NO2/c1-8(10)7-9-5-3-2-4-6-9;3-1-2(4)5/h2-6,8H,7,10H2,1H3;1,3H2,(H,4,5). The molecule has 0 fully saturated rings. The van der Waals surface area contributed by atoms with Gasteiger partial charge in [0.2, 0.25) is 0 Å². The van der Waals surface area contributed by atoms with Gasteiger partial charge in [-0.1, -0.05) is 30.3 Å². The lowest BCUT2D eigenvalue weighted by atomic mass is 10.1. The molecule has 84 valence electrons. The Kier molecular flexibility index (Phi) is 7.23. The van der Waals surface area contributed by atoms with Gasteiger partial charge in [0.1, 0.15) is 0 Å². The second-order valence-electron chi connectivity index (χ2n) is 3.26. The Balaban J connectivity index is 0.000000336. The Morgan fingerprint density at radius 1 is 1.40 bits per heavy atom. The van der Waals surface area contributed by atoms with E-state index < -0.39 is 5.97 Å². The van der Waals surface area contributed by atoms with Gasteiger partial charge in [0.25, 0.3) is 0 Å². The van der Waals surface area contributed by atoms with Crippen molar-refractivity contribution in [3.8, 4) is 0 Å². The smallest absolute Gasteiger partial charge is 0.317 e. The first-order valence-corrected chi connectivity index (χ1v) is 4.77. The highest BCUT2D eigenvalue weighted by atomic mass is 16.4. The van der Waals surface area contributed by atoms with E-state index in [-0.39, 0.29) is 12.6 Å². The van der Waals surface area contributed by atoms with Crippen LogP contribution in [0.25, 0.3) is 0 Å². The first-order chi connectivity index (χ1) is 7.06. The van der Waals surface area contributed by atoms with Crippen molar-refractivity contribution in [2.45, 2.75) is 19.4 Å². The van der Waals surface area contributed by atoms with Gasteiger partial charge in [-0.2, -0.15) is 0 Å². The lowest BCUT2D eigenvalue weighted by Crippen LogP contribution is -2.17. The number of aliphatic carboxylic acids is 1. The predicted octanol–water partition coefficient (Wildman–Crippen LogP) is 0.606. The average molecular weight is 210 g/mol. The number of carboxylic acids is 1. The van der Waals surface area contributed by atoms with Crippen molar-refractivity contribution < 1.29 is 9.90 Å². The Bertz CT molecular complexity index is 273. The lowest BCUT2D eigenvalue weighted by Gasteiger charge is -2.02. The van der Waals surface area contributed by atoms with E-state index in [4.69, 9.17) is 10.8 Å². The Labute approximate surface area is 89.9 Å². The molecule has 1 aromatic carbocycles. The molecule has 15 heavy (non-hydrogen) atoms. The molecule has 0 aromatic heterocycles. The van der Waals surface area contributed by atoms with Crippen molar-refractivity contribution in [1.82, 2.24) is 0 Å². The molecule has 0 radical (unpaired) electrons. The normalized spacial score (nSPS) is 11.1. The highest BCUT2D eigenvalue weighted by molar-refractivity contribution is 5.68. The van der Waals surface area contributed by atoms with Crippen LogP contribution in [0.3, 0.4) is 0 Å². The molecule has 5 N–H and O–H groups in total. The van der Waals surface area contributed by atoms with E-state index in [0.29, 0.717) is 0 Å². The molecule has 0 bridgehead atoms. The number of nitrogens with two attached hydrogens (primary N) is 2. The first-order valence-electron chi connectivity index (χ1n) is 4.77. The number of benzene rings is 1. The fraction of sp³-hybridized carbons (Fsp3) is 0.364. The van der Waals surface area contributed by atoms with Crippen molar-refractivity contribution in [2.75, 3.05) is 6.54 Å². The van der Waals surface area contributed by atoms with Crippen molar-refractivity contribution >= 4 is 5.97 Å². The molecule has 1 unspecified atom stereocenters. The SMILES string of the molecule is CC(N)Cc1ccccc1.NCC(=O)O. The van der Waals surface area contributed by atoms with Gasteiger partial charge >= 0.3 is 5.97 Å². The molecule has 0 aliphatic rings. The maximum Gasteiger partial charge on any atom is 0.317 e. The minimum atomic E-state index is -0.968. The van der Waals surface area contributed by atoms with Crippen LogP contribution < -0.4 is 11.5 Å². The summed E-state index contributed by atoms with van der Waals surface area (Å²) in [6, 6.07) is 10.6. The van der Waals surface area contributed by atoms with E-state index >= 15 is 0 Å². The van der Waals surface area contributed by atoms with Crippen molar-refractivity contribution in [3.05, 3.63) is 35.9 Å². The van der Waals surface area contributed by atoms with Crippen LogP contribution in [0.5, 0.6) is 0 Å². The van der Waals surface area contributed by atoms with Crippen LogP contribution >= 0.6 is 0 Å². The quantitative estimate of drug-likeness (QED) is 0.681. The molecule has 0 amide bonds. The lowest BCUT2D eigenvalue weighted by molar-refractivity contribution is -0.135. The molecule has 4 heteroatoms. The zero-order chi connectivity index (χ0) is 11.7. The number of hydrogen-bond acceptors (Lipinski definition) is 3. The topological polar surface area (TPSA) is 89.3 Å². The van der Waals surface area contributed by atoms with Crippen LogP contribution in [0.2, 0.25) is 0 Å². The van der Waals surface area contributed by atoms with Gasteiger partial charge in [-0.05, 0) is 18.9 Å². The minimum absolute atomic E-state index is 0.266. The second-order valence-corrected chi connectivity index (χ2v) is 3.26. The van der Waals surface area contributed by atoms with Crippen LogP contribution in [0.4, 0.5) is 0 Å². The van der Waals surface area contributed by atoms with Crippen LogP contribution in [-0.2, 0) is 11.2 Å². The van der Waals surface area contributed by atoms with E-state index in [0.717, 1.165) is 6.42 Å². The summed E-state index contributed by atoms with van der Waals surface area (Å²) in [7, 11) is 0. The van der Waals surface area contributed by atoms with Gasteiger partial charge in [-0.3, -0.25) is 4.79 Å².